The van der Waals surface area contributed by atoms with E-state index < -0.39 is 0 Å². The SMILES string of the molecule is CCOc1ccc(C2Nc3ccccc3NC3=C2C(=O)CC(c2ccc(OC(C)C)cc2)C3)cc1. The van der Waals surface area contributed by atoms with Gasteiger partial charge in [0.15, 0.2) is 5.78 Å². The average Bonchev–Trinajstić information content (AvgIpc) is 3.02. The monoisotopic (exact) mass is 468 g/mol. The molecule has 3 aromatic rings. The summed E-state index contributed by atoms with van der Waals surface area (Å²) in [4.78, 5) is 13.7. The van der Waals surface area contributed by atoms with Gasteiger partial charge in [0, 0.05) is 17.7 Å². The van der Waals surface area contributed by atoms with Gasteiger partial charge < -0.3 is 20.1 Å². The van der Waals surface area contributed by atoms with Gasteiger partial charge in [-0.3, -0.25) is 4.79 Å². The number of Topliss-reactive ketones (excluding diaryl/α,β-unsaturated/α-hetero) is 1. The molecule has 2 atom stereocenters. The molecule has 180 valence electrons. The molecule has 2 N–H and O–H groups in total. The summed E-state index contributed by atoms with van der Waals surface area (Å²) in [5.74, 6) is 1.98. The molecule has 0 radical (unpaired) electrons. The third-order valence-electron chi connectivity index (χ3n) is 6.56. The van der Waals surface area contributed by atoms with Crippen LogP contribution in [-0.4, -0.2) is 18.5 Å². The Morgan fingerprint density at radius 1 is 0.857 bits per heavy atom. The van der Waals surface area contributed by atoms with Crippen LogP contribution in [0.1, 0.15) is 56.7 Å². The number of fused-ring (bicyclic) bond motifs is 1. The summed E-state index contributed by atoms with van der Waals surface area (Å²) in [7, 11) is 0. The highest BCUT2D eigenvalue weighted by atomic mass is 16.5. The van der Waals surface area contributed by atoms with E-state index >= 15 is 0 Å². The van der Waals surface area contributed by atoms with Crippen molar-refractivity contribution in [3.05, 3.63) is 95.2 Å². The summed E-state index contributed by atoms with van der Waals surface area (Å²) in [6.07, 6.45) is 1.39. The highest BCUT2D eigenvalue weighted by molar-refractivity contribution is 6.01. The summed E-state index contributed by atoms with van der Waals surface area (Å²) in [5.41, 5.74) is 5.99. The fourth-order valence-corrected chi connectivity index (χ4v) is 4.99. The van der Waals surface area contributed by atoms with E-state index in [4.69, 9.17) is 9.47 Å². The first-order valence-electron chi connectivity index (χ1n) is 12.4. The van der Waals surface area contributed by atoms with Gasteiger partial charge in [0.2, 0.25) is 0 Å². The molecule has 3 aromatic carbocycles. The summed E-state index contributed by atoms with van der Waals surface area (Å²) in [6, 6.07) is 24.1. The third kappa shape index (κ3) is 4.90. The van der Waals surface area contributed by atoms with E-state index in [9.17, 15) is 4.79 Å². The fourth-order valence-electron chi connectivity index (χ4n) is 4.99. The van der Waals surface area contributed by atoms with Crippen molar-refractivity contribution in [2.75, 3.05) is 17.2 Å². The average molecular weight is 469 g/mol. The minimum Gasteiger partial charge on any atom is -0.494 e. The predicted molar refractivity (Wildman–Crippen MR) is 140 cm³/mol. The lowest BCUT2D eigenvalue weighted by molar-refractivity contribution is -0.116. The van der Waals surface area contributed by atoms with Gasteiger partial charge in [-0.1, -0.05) is 36.4 Å². The molecule has 35 heavy (non-hydrogen) atoms. The fraction of sp³-hybridized carbons (Fsp3) is 0.300. The molecule has 2 unspecified atom stereocenters. The summed E-state index contributed by atoms with van der Waals surface area (Å²) in [6.45, 7) is 6.64. The minimum absolute atomic E-state index is 0.119. The van der Waals surface area contributed by atoms with Gasteiger partial charge in [-0.25, -0.2) is 0 Å². The van der Waals surface area contributed by atoms with Crippen molar-refractivity contribution in [1.82, 2.24) is 0 Å². The Morgan fingerprint density at radius 2 is 1.51 bits per heavy atom. The van der Waals surface area contributed by atoms with Gasteiger partial charge in [-0.15, -0.1) is 0 Å². The van der Waals surface area contributed by atoms with Crippen LogP contribution in [0.25, 0.3) is 0 Å². The Labute approximate surface area is 207 Å². The summed E-state index contributed by atoms with van der Waals surface area (Å²) >= 11 is 0. The number of rotatable bonds is 6. The van der Waals surface area contributed by atoms with E-state index in [0.29, 0.717) is 13.0 Å². The van der Waals surface area contributed by atoms with E-state index in [1.165, 1.54) is 0 Å². The molecule has 5 heteroatoms. The van der Waals surface area contributed by atoms with Crippen LogP contribution in [0.2, 0.25) is 0 Å². The molecule has 0 spiro atoms. The summed E-state index contributed by atoms with van der Waals surface area (Å²) in [5, 5.41) is 7.25. The molecular formula is C30H32N2O3. The number of benzene rings is 3. The largest absolute Gasteiger partial charge is 0.494 e. The number of nitrogens with one attached hydrogen (secondary N) is 2. The highest BCUT2D eigenvalue weighted by Crippen LogP contribution is 2.44. The smallest absolute Gasteiger partial charge is 0.163 e. The Hall–Kier alpha value is -3.73. The number of carbonyl (C=O) groups excluding carboxylic acids is 1. The van der Waals surface area contributed by atoms with Crippen LogP contribution < -0.4 is 20.1 Å². The first kappa shape index (κ1) is 23.0. The van der Waals surface area contributed by atoms with Crippen LogP contribution in [0.5, 0.6) is 11.5 Å². The first-order chi connectivity index (χ1) is 17.0. The van der Waals surface area contributed by atoms with Gasteiger partial charge in [-0.05, 0) is 80.6 Å². The van der Waals surface area contributed by atoms with Crippen LogP contribution in [0, 0.1) is 0 Å². The van der Waals surface area contributed by atoms with Gasteiger partial charge in [0.25, 0.3) is 0 Å². The number of carbonyl (C=O) groups is 1. The van der Waals surface area contributed by atoms with Crippen molar-refractivity contribution in [2.45, 2.75) is 51.7 Å². The lowest BCUT2D eigenvalue weighted by atomic mass is 9.78. The number of para-hydroxylation sites is 2. The molecule has 1 aliphatic heterocycles. The number of allylic oxidation sites excluding steroid dienone is 1. The molecule has 0 amide bonds. The zero-order valence-electron chi connectivity index (χ0n) is 20.5. The maximum absolute atomic E-state index is 13.7. The molecule has 5 rings (SSSR count). The minimum atomic E-state index is -0.230. The summed E-state index contributed by atoms with van der Waals surface area (Å²) < 4.78 is 11.4. The van der Waals surface area contributed by atoms with E-state index in [-0.39, 0.29) is 23.8 Å². The molecule has 0 saturated carbocycles. The van der Waals surface area contributed by atoms with E-state index in [0.717, 1.165) is 51.7 Å². The Balaban J connectivity index is 1.50. The number of ketones is 1. The molecule has 2 aliphatic rings. The van der Waals surface area contributed by atoms with Gasteiger partial charge in [0.05, 0.1) is 30.1 Å². The van der Waals surface area contributed by atoms with Gasteiger partial charge in [-0.2, -0.15) is 0 Å². The van der Waals surface area contributed by atoms with Crippen molar-refractivity contribution < 1.29 is 14.3 Å². The second-order valence-corrected chi connectivity index (χ2v) is 9.41. The lowest BCUT2D eigenvalue weighted by Gasteiger charge is -2.30. The van der Waals surface area contributed by atoms with Crippen molar-refractivity contribution in [1.29, 1.82) is 0 Å². The van der Waals surface area contributed by atoms with Crippen LogP contribution >= 0.6 is 0 Å². The molecule has 0 fully saturated rings. The number of hydrogen-bond acceptors (Lipinski definition) is 5. The molecule has 0 bridgehead atoms. The van der Waals surface area contributed by atoms with Gasteiger partial charge >= 0.3 is 0 Å². The second-order valence-electron chi connectivity index (χ2n) is 9.41. The van der Waals surface area contributed by atoms with Gasteiger partial charge in [0.1, 0.15) is 11.5 Å². The lowest BCUT2D eigenvalue weighted by Crippen LogP contribution is -2.26. The molecule has 0 aromatic heterocycles. The van der Waals surface area contributed by atoms with E-state index in [1.54, 1.807) is 0 Å². The Morgan fingerprint density at radius 3 is 2.20 bits per heavy atom. The highest BCUT2D eigenvalue weighted by Gasteiger charge is 2.36. The maximum Gasteiger partial charge on any atom is 0.163 e. The van der Waals surface area contributed by atoms with Crippen molar-refractivity contribution >= 4 is 17.2 Å². The van der Waals surface area contributed by atoms with Crippen molar-refractivity contribution in [2.24, 2.45) is 0 Å². The second kappa shape index (κ2) is 9.87. The first-order valence-corrected chi connectivity index (χ1v) is 12.4. The standard InChI is InChI=1S/C30H32N2O3/c1-4-34-23-13-11-21(12-14-23)30-29-27(31-25-7-5-6-8-26(25)32-30)17-22(18-28(29)33)20-9-15-24(16-10-20)35-19(2)3/h5-16,19,22,30-32H,4,17-18H2,1-3H3. The maximum atomic E-state index is 13.7. The van der Waals surface area contributed by atoms with E-state index in [2.05, 4.69) is 34.9 Å². The molecular weight excluding hydrogens is 436 g/mol. The number of anilines is 2. The van der Waals surface area contributed by atoms with Crippen LogP contribution in [0.4, 0.5) is 11.4 Å². The molecule has 5 nitrogen and oxygen atoms in total. The topological polar surface area (TPSA) is 59.6 Å². The zero-order chi connectivity index (χ0) is 24.4. The van der Waals surface area contributed by atoms with Crippen LogP contribution in [0.3, 0.4) is 0 Å². The van der Waals surface area contributed by atoms with Crippen molar-refractivity contribution in [3.8, 4) is 11.5 Å². The van der Waals surface area contributed by atoms with Crippen molar-refractivity contribution in [3.63, 3.8) is 0 Å². The van der Waals surface area contributed by atoms with E-state index in [1.807, 2.05) is 69.3 Å². The third-order valence-corrected chi connectivity index (χ3v) is 6.56. The zero-order valence-corrected chi connectivity index (χ0v) is 20.5. The Kier molecular flexibility index (Phi) is 6.49. The molecule has 0 saturated heterocycles. The molecule has 1 aliphatic carbocycles. The number of hydrogen-bond donors (Lipinski definition) is 2. The van der Waals surface area contributed by atoms with Crippen LogP contribution in [-0.2, 0) is 4.79 Å². The van der Waals surface area contributed by atoms with Crippen LogP contribution in [0.15, 0.2) is 84.1 Å². The quantitative estimate of drug-likeness (QED) is 0.414. The molecule has 1 heterocycles. The number of ether oxygens (including phenoxy) is 2. The normalized spacial score (nSPS) is 19.3. The Bertz CT molecular complexity index is 1230. The predicted octanol–water partition coefficient (Wildman–Crippen LogP) is 6.85.